The average Bonchev–Trinajstić information content (AvgIpc) is 3.18. The van der Waals surface area contributed by atoms with E-state index >= 15 is 0 Å². The Morgan fingerprint density at radius 2 is 1.96 bits per heavy atom. The minimum absolute atomic E-state index is 0.00938. The lowest BCUT2D eigenvalue weighted by Crippen LogP contribution is -2.24. The highest BCUT2D eigenvalue weighted by Gasteiger charge is 2.15. The molecule has 0 saturated heterocycles. The van der Waals surface area contributed by atoms with Crippen LogP contribution in [0.4, 0.5) is 5.69 Å². The molecular formula is C20H23ClN4OS. The maximum absolute atomic E-state index is 12.4. The summed E-state index contributed by atoms with van der Waals surface area (Å²) in [5.74, 6) is -0.00938. The minimum atomic E-state index is -0.00938. The van der Waals surface area contributed by atoms with Gasteiger partial charge < -0.3 is 10.2 Å². The third-order valence-corrected chi connectivity index (χ3v) is 5.55. The van der Waals surface area contributed by atoms with Crippen molar-refractivity contribution >= 4 is 34.5 Å². The molecule has 0 unspecified atom stereocenters. The Morgan fingerprint density at radius 1 is 1.22 bits per heavy atom. The first-order valence-electron chi connectivity index (χ1n) is 8.78. The van der Waals surface area contributed by atoms with Gasteiger partial charge in [0.25, 0.3) is 0 Å². The van der Waals surface area contributed by atoms with Gasteiger partial charge in [0, 0.05) is 24.4 Å². The first kappa shape index (κ1) is 19.6. The second kappa shape index (κ2) is 8.69. The van der Waals surface area contributed by atoms with E-state index in [1.807, 2.05) is 68.0 Å². The van der Waals surface area contributed by atoms with Crippen LogP contribution in [0, 0.1) is 13.8 Å². The van der Waals surface area contributed by atoms with Crippen LogP contribution in [0.2, 0.25) is 4.34 Å². The van der Waals surface area contributed by atoms with Crippen molar-refractivity contribution in [1.82, 2.24) is 14.7 Å². The molecule has 0 bridgehead atoms. The standard InChI is InChI=1S/C20H23ClN4OS/c1-14-20(15(2)25(23-14)16-7-5-4-6-8-16)22-19(26)11-12-24(3)13-17-9-10-18(21)27-17/h4-10H,11-13H2,1-3H3,(H,22,26). The lowest BCUT2D eigenvalue weighted by molar-refractivity contribution is -0.116. The van der Waals surface area contributed by atoms with Crippen molar-refractivity contribution in [1.29, 1.82) is 0 Å². The van der Waals surface area contributed by atoms with E-state index in [4.69, 9.17) is 11.6 Å². The van der Waals surface area contributed by atoms with Crippen LogP contribution >= 0.6 is 22.9 Å². The van der Waals surface area contributed by atoms with Crippen molar-refractivity contribution in [2.75, 3.05) is 18.9 Å². The molecule has 3 rings (SSSR count). The Balaban J connectivity index is 1.58. The summed E-state index contributed by atoms with van der Waals surface area (Å²) < 4.78 is 2.65. The van der Waals surface area contributed by atoms with Crippen molar-refractivity contribution in [2.45, 2.75) is 26.8 Å². The van der Waals surface area contributed by atoms with Crippen molar-refractivity contribution in [3.8, 4) is 5.69 Å². The second-order valence-corrected chi connectivity index (χ2v) is 8.33. The van der Waals surface area contributed by atoms with Crippen LogP contribution in [0.3, 0.4) is 0 Å². The summed E-state index contributed by atoms with van der Waals surface area (Å²) in [4.78, 5) is 15.7. The predicted octanol–water partition coefficient (Wildman–Crippen LogP) is 4.66. The molecule has 0 saturated carbocycles. The summed E-state index contributed by atoms with van der Waals surface area (Å²) in [6, 6.07) is 13.8. The number of carbonyl (C=O) groups excluding carboxylic acids is 1. The molecule has 2 aromatic heterocycles. The van der Waals surface area contributed by atoms with E-state index in [0.717, 1.165) is 33.6 Å². The fraction of sp³-hybridized carbons (Fsp3) is 0.300. The van der Waals surface area contributed by atoms with Crippen LogP contribution < -0.4 is 5.32 Å². The molecule has 0 aliphatic heterocycles. The minimum Gasteiger partial charge on any atom is -0.323 e. The van der Waals surface area contributed by atoms with Gasteiger partial charge in [0.2, 0.25) is 5.91 Å². The van der Waals surface area contributed by atoms with E-state index in [-0.39, 0.29) is 5.91 Å². The molecule has 0 fully saturated rings. The normalized spacial score (nSPS) is 11.1. The highest BCUT2D eigenvalue weighted by molar-refractivity contribution is 7.16. The van der Waals surface area contributed by atoms with Crippen LogP contribution in [-0.4, -0.2) is 34.2 Å². The van der Waals surface area contributed by atoms with Gasteiger partial charge in [0.1, 0.15) is 0 Å². The number of benzene rings is 1. The SMILES string of the molecule is Cc1nn(-c2ccccc2)c(C)c1NC(=O)CCN(C)Cc1ccc(Cl)s1. The maximum atomic E-state index is 12.4. The van der Waals surface area contributed by atoms with Gasteiger partial charge in [-0.1, -0.05) is 29.8 Å². The molecule has 1 amide bonds. The average molecular weight is 403 g/mol. The van der Waals surface area contributed by atoms with Gasteiger partial charge in [-0.15, -0.1) is 11.3 Å². The zero-order valence-corrected chi connectivity index (χ0v) is 17.3. The van der Waals surface area contributed by atoms with E-state index in [0.29, 0.717) is 13.0 Å². The number of anilines is 1. The smallest absolute Gasteiger partial charge is 0.225 e. The number of carbonyl (C=O) groups is 1. The summed E-state index contributed by atoms with van der Waals surface area (Å²) >= 11 is 7.54. The van der Waals surface area contributed by atoms with Gasteiger partial charge in [-0.2, -0.15) is 5.10 Å². The van der Waals surface area contributed by atoms with Crippen LogP contribution in [0.5, 0.6) is 0 Å². The molecule has 0 radical (unpaired) electrons. The number of hydrogen-bond donors (Lipinski definition) is 1. The topological polar surface area (TPSA) is 50.2 Å². The number of hydrogen-bond acceptors (Lipinski definition) is 4. The van der Waals surface area contributed by atoms with E-state index in [9.17, 15) is 4.79 Å². The number of rotatable bonds is 7. The Labute approximate surface area is 168 Å². The van der Waals surface area contributed by atoms with E-state index in [2.05, 4.69) is 15.3 Å². The van der Waals surface area contributed by atoms with Crippen molar-refractivity contribution < 1.29 is 4.79 Å². The number of para-hydroxylation sites is 1. The molecule has 0 atom stereocenters. The largest absolute Gasteiger partial charge is 0.323 e. The molecule has 27 heavy (non-hydrogen) atoms. The molecule has 5 nitrogen and oxygen atoms in total. The molecule has 1 N–H and O–H groups in total. The van der Waals surface area contributed by atoms with Crippen LogP contribution in [0.25, 0.3) is 5.69 Å². The zero-order chi connectivity index (χ0) is 19.4. The summed E-state index contributed by atoms with van der Waals surface area (Å²) in [6.07, 6.45) is 0.422. The highest BCUT2D eigenvalue weighted by atomic mass is 35.5. The Bertz CT molecular complexity index is 919. The number of thiophene rings is 1. The number of amides is 1. The highest BCUT2D eigenvalue weighted by Crippen LogP contribution is 2.24. The van der Waals surface area contributed by atoms with E-state index < -0.39 is 0 Å². The molecule has 0 aliphatic carbocycles. The summed E-state index contributed by atoms with van der Waals surface area (Å²) in [5, 5.41) is 7.59. The Hall–Kier alpha value is -2.15. The van der Waals surface area contributed by atoms with Crippen LogP contribution in [0.15, 0.2) is 42.5 Å². The molecule has 142 valence electrons. The molecule has 3 aromatic rings. The van der Waals surface area contributed by atoms with Crippen LogP contribution in [-0.2, 0) is 11.3 Å². The molecule has 1 aromatic carbocycles. The predicted molar refractivity (Wildman–Crippen MR) is 112 cm³/mol. The van der Waals surface area contributed by atoms with Gasteiger partial charge in [-0.25, -0.2) is 4.68 Å². The quantitative estimate of drug-likeness (QED) is 0.625. The summed E-state index contributed by atoms with van der Waals surface area (Å²) in [6.45, 7) is 5.34. The fourth-order valence-corrected chi connectivity index (χ4v) is 4.09. The van der Waals surface area contributed by atoms with Gasteiger partial charge >= 0.3 is 0 Å². The summed E-state index contributed by atoms with van der Waals surface area (Å²) in [5.41, 5.74) is 3.50. The van der Waals surface area contributed by atoms with Crippen molar-refractivity contribution in [2.24, 2.45) is 0 Å². The lowest BCUT2D eigenvalue weighted by atomic mass is 10.2. The summed E-state index contributed by atoms with van der Waals surface area (Å²) in [7, 11) is 2.00. The fourth-order valence-electron chi connectivity index (χ4n) is 2.92. The van der Waals surface area contributed by atoms with Crippen molar-refractivity contribution in [3.05, 3.63) is 63.1 Å². The third-order valence-electron chi connectivity index (χ3n) is 4.33. The lowest BCUT2D eigenvalue weighted by Gasteiger charge is -2.15. The van der Waals surface area contributed by atoms with E-state index in [1.165, 1.54) is 4.88 Å². The molecule has 7 heteroatoms. The number of aromatic nitrogens is 2. The number of aryl methyl sites for hydroxylation is 1. The first-order valence-corrected chi connectivity index (χ1v) is 9.97. The Morgan fingerprint density at radius 3 is 2.63 bits per heavy atom. The molecule has 2 heterocycles. The van der Waals surface area contributed by atoms with Crippen LogP contribution in [0.1, 0.15) is 22.7 Å². The zero-order valence-electron chi connectivity index (χ0n) is 15.7. The Kier molecular flexibility index (Phi) is 6.31. The molecular weight excluding hydrogens is 380 g/mol. The first-order chi connectivity index (χ1) is 12.9. The van der Waals surface area contributed by atoms with Gasteiger partial charge in [0.15, 0.2) is 0 Å². The van der Waals surface area contributed by atoms with Gasteiger partial charge in [-0.3, -0.25) is 4.79 Å². The molecule has 0 spiro atoms. The monoisotopic (exact) mass is 402 g/mol. The maximum Gasteiger partial charge on any atom is 0.225 e. The second-order valence-electron chi connectivity index (χ2n) is 6.53. The van der Waals surface area contributed by atoms with E-state index in [1.54, 1.807) is 11.3 Å². The van der Waals surface area contributed by atoms with Gasteiger partial charge in [0.05, 0.1) is 27.1 Å². The number of nitrogens with zero attached hydrogens (tertiary/aromatic N) is 3. The molecule has 0 aliphatic rings. The van der Waals surface area contributed by atoms with Crippen molar-refractivity contribution in [3.63, 3.8) is 0 Å². The number of nitrogens with one attached hydrogen (secondary N) is 1. The third kappa shape index (κ3) is 4.97. The number of halogens is 1. The van der Waals surface area contributed by atoms with Gasteiger partial charge in [-0.05, 0) is 45.2 Å².